The molecular weight excluding hydrogens is 263 g/mol. The van der Waals surface area contributed by atoms with E-state index in [0.717, 1.165) is 0 Å². The first kappa shape index (κ1) is 10.2. The fourth-order valence-electron chi connectivity index (χ4n) is 1.28. The molecule has 0 aliphatic carbocycles. The van der Waals surface area contributed by atoms with Gasteiger partial charge in [0.05, 0.1) is 4.47 Å². The van der Waals surface area contributed by atoms with Crippen LogP contribution in [0.2, 0.25) is 0 Å². The molecule has 0 radical (unpaired) electrons. The number of hydrogen-bond acceptors (Lipinski definition) is 3. The van der Waals surface area contributed by atoms with Gasteiger partial charge in [-0.2, -0.15) is 0 Å². The molecule has 1 heterocycles. The second kappa shape index (κ2) is 3.66. The van der Waals surface area contributed by atoms with Gasteiger partial charge in [-0.3, -0.25) is 0 Å². The Morgan fingerprint density at radius 1 is 1.47 bits per heavy atom. The van der Waals surface area contributed by atoms with Crippen LogP contribution < -0.4 is 5.73 Å². The first-order valence-corrected chi connectivity index (χ1v) is 5.06. The lowest BCUT2D eigenvalue weighted by atomic mass is 10.1. The van der Waals surface area contributed by atoms with Crippen LogP contribution >= 0.6 is 15.9 Å². The Balaban J connectivity index is 2.64. The molecule has 0 unspecified atom stereocenters. The van der Waals surface area contributed by atoms with Crippen molar-refractivity contribution < 1.29 is 8.91 Å². The molecule has 2 N–H and O–H groups in total. The van der Waals surface area contributed by atoms with Crippen molar-refractivity contribution in [2.45, 2.75) is 6.92 Å². The number of nitrogens with zero attached hydrogens (tertiary/aromatic N) is 1. The summed E-state index contributed by atoms with van der Waals surface area (Å²) in [5.41, 5.74) is 6.87. The van der Waals surface area contributed by atoms with Crippen molar-refractivity contribution >= 4 is 21.7 Å². The molecule has 1 aromatic carbocycles. The summed E-state index contributed by atoms with van der Waals surface area (Å²) in [7, 11) is 0. The SMILES string of the molecule is Cc1c(N)noc1-c1cccc(F)c1Br. The van der Waals surface area contributed by atoms with E-state index in [1.807, 2.05) is 0 Å². The zero-order valence-electron chi connectivity index (χ0n) is 7.92. The van der Waals surface area contributed by atoms with Crippen molar-refractivity contribution in [2.24, 2.45) is 0 Å². The van der Waals surface area contributed by atoms with Crippen LogP contribution in [-0.4, -0.2) is 5.16 Å². The molecule has 0 fully saturated rings. The van der Waals surface area contributed by atoms with Gasteiger partial charge in [-0.05, 0) is 35.0 Å². The van der Waals surface area contributed by atoms with E-state index in [0.29, 0.717) is 27.2 Å². The third kappa shape index (κ3) is 1.63. The van der Waals surface area contributed by atoms with Crippen molar-refractivity contribution in [2.75, 3.05) is 5.73 Å². The Bertz CT molecular complexity index is 510. The molecule has 0 aliphatic rings. The molecule has 0 bridgehead atoms. The van der Waals surface area contributed by atoms with Crippen molar-refractivity contribution in [1.82, 2.24) is 5.16 Å². The first-order valence-electron chi connectivity index (χ1n) is 4.27. The largest absolute Gasteiger partial charge is 0.381 e. The summed E-state index contributed by atoms with van der Waals surface area (Å²) >= 11 is 3.16. The van der Waals surface area contributed by atoms with Crippen molar-refractivity contribution in [3.05, 3.63) is 34.1 Å². The average molecular weight is 271 g/mol. The summed E-state index contributed by atoms with van der Waals surface area (Å²) < 4.78 is 18.7. The average Bonchev–Trinajstić information content (AvgIpc) is 2.53. The fourth-order valence-corrected chi connectivity index (χ4v) is 1.72. The van der Waals surface area contributed by atoms with Gasteiger partial charge in [0.2, 0.25) is 0 Å². The number of benzene rings is 1. The number of anilines is 1. The van der Waals surface area contributed by atoms with E-state index in [2.05, 4.69) is 21.1 Å². The van der Waals surface area contributed by atoms with E-state index in [1.165, 1.54) is 6.07 Å². The molecule has 5 heteroatoms. The monoisotopic (exact) mass is 270 g/mol. The Morgan fingerprint density at radius 2 is 2.20 bits per heavy atom. The van der Waals surface area contributed by atoms with Crippen LogP contribution in [0.25, 0.3) is 11.3 Å². The summed E-state index contributed by atoms with van der Waals surface area (Å²) in [4.78, 5) is 0. The van der Waals surface area contributed by atoms with Crippen LogP contribution in [0.5, 0.6) is 0 Å². The summed E-state index contributed by atoms with van der Waals surface area (Å²) in [5, 5.41) is 3.62. The highest BCUT2D eigenvalue weighted by Gasteiger charge is 2.15. The molecule has 78 valence electrons. The lowest BCUT2D eigenvalue weighted by Gasteiger charge is -2.01. The predicted molar refractivity (Wildman–Crippen MR) is 58.7 cm³/mol. The number of rotatable bonds is 1. The molecule has 0 aliphatic heterocycles. The fraction of sp³-hybridized carbons (Fsp3) is 0.100. The lowest BCUT2D eigenvalue weighted by molar-refractivity contribution is 0.434. The zero-order valence-corrected chi connectivity index (χ0v) is 9.51. The smallest absolute Gasteiger partial charge is 0.173 e. The van der Waals surface area contributed by atoms with Gasteiger partial charge in [0.1, 0.15) is 5.82 Å². The van der Waals surface area contributed by atoms with Gasteiger partial charge in [-0.25, -0.2) is 4.39 Å². The van der Waals surface area contributed by atoms with Crippen LogP contribution in [0.4, 0.5) is 10.2 Å². The Kier molecular flexibility index (Phi) is 2.48. The zero-order chi connectivity index (χ0) is 11.0. The van der Waals surface area contributed by atoms with Crippen LogP contribution in [0.3, 0.4) is 0 Å². The molecule has 2 rings (SSSR count). The molecule has 1 aromatic heterocycles. The standard InChI is InChI=1S/C10H8BrFN2O/c1-5-9(15-14-10(5)13)6-3-2-4-7(12)8(6)11/h2-4H,1H3,(H2,13,14). The van der Waals surface area contributed by atoms with Crippen LogP contribution in [-0.2, 0) is 0 Å². The van der Waals surface area contributed by atoms with Gasteiger partial charge in [0.15, 0.2) is 11.6 Å². The quantitative estimate of drug-likeness (QED) is 0.866. The number of hydrogen-bond donors (Lipinski definition) is 1. The Labute approximate surface area is 94.2 Å². The Morgan fingerprint density at radius 3 is 2.80 bits per heavy atom. The molecule has 0 spiro atoms. The Hall–Kier alpha value is -1.36. The minimum Gasteiger partial charge on any atom is -0.381 e. The third-order valence-corrected chi connectivity index (χ3v) is 2.96. The minimum absolute atomic E-state index is 0.321. The van der Waals surface area contributed by atoms with Gasteiger partial charge in [0.25, 0.3) is 0 Å². The molecule has 15 heavy (non-hydrogen) atoms. The maximum Gasteiger partial charge on any atom is 0.173 e. The van der Waals surface area contributed by atoms with Crippen molar-refractivity contribution in [3.8, 4) is 11.3 Å². The normalized spacial score (nSPS) is 10.6. The predicted octanol–water partition coefficient (Wildman–Crippen LogP) is 3.13. The maximum absolute atomic E-state index is 13.3. The highest BCUT2D eigenvalue weighted by Crippen LogP contribution is 2.33. The van der Waals surface area contributed by atoms with Gasteiger partial charge in [-0.15, -0.1) is 0 Å². The maximum atomic E-state index is 13.3. The number of nitrogen functional groups attached to an aromatic ring is 1. The first-order chi connectivity index (χ1) is 7.11. The van der Waals surface area contributed by atoms with Crippen LogP contribution in [0.15, 0.2) is 27.2 Å². The topological polar surface area (TPSA) is 52.0 Å². The number of halogens is 2. The van der Waals surface area contributed by atoms with Gasteiger partial charge >= 0.3 is 0 Å². The van der Waals surface area contributed by atoms with Crippen LogP contribution in [0, 0.1) is 12.7 Å². The highest BCUT2D eigenvalue weighted by molar-refractivity contribution is 9.10. The molecule has 3 nitrogen and oxygen atoms in total. The molecule has 0 saturated carbocycles. The molecular formula is C10H8BrFN2O. The summed E-state index contributed by atoms with van der Waals surface area (Å²) in [5.74, 6) is 0.460. The second-order valence-electron chi connectivity index (χ2n) is 3.12. The van der Waals surface area contributed by atoms with E-state index in [9.17, 15) is 4.39 Å². The number of nitrogens with two attached hydrogens (primary N) is 1. The lowest BCUT2D eigenvalue weighted by Crippen LogP contribution is -1.87. The minimum atomic E-state index is -0.345. The summed E-state index contributed by atoms with van der Waals surface area (Å²) in [6.07, 6.45) is 0. The number of aromatic nitrogens is 1. The second-order valence-corrected chi connectivity index (χ2v) is 3.92. The molecule has 0 amide bonds. The van der Waals surface area contributed by atoms with E-state index in [-0.39, 0.29) is 5.82 Å². The van der Waals surface area contributed by atoms with E-state index < -0.39 is 0 Å². The molecule has 0 atom stereocenters. The van der Waals surface area contributed by atoms with E-state index in [4.69, 9.17) is 10.3 Å². The highest BCUT2D eigenvalue weighted by atomic mass is 79.9. The van der Waals surface area contributed by atoms with Crippen molar-refractivity contribution in [3.63, 3.8) is 0 Å². The molecule has 2 aromatic rings. The summed E-state index contributed by atoms with van der Waals surface area (Å²) in [6, 6.07) is 4.70. The van der Waals surface area contributed by atoms with Crippen LogP contribution in [0.1, 0.15) is 5.56 Å². The molecule has 0 saturated heterocycles. The third-order valence-electron chi connectivity index (χ3n) is 2.16. The van der Waals surface area contributed by atoms with E-state index in [1.54, 1.807) is 19.1 Å². The summed E-state index contributed by atoms with van der Waals surface area (Å²) in [6.45, 7) is 1.78. The van der Waals surface area contributed by atoms with Crippen molar-refractivity contribution in [1.29, 1.82) is 0 Å². The van der Waals surface area contributed by atoms with E-state index >= 15 is 0 Å². The van der Waals surface area contributed by atoms with Gasteiger partial charge in [0, 0.05) is 11.1 Å². The van der Waals surface area contributed by atoms with Gasteiger partial charge in [-0.1, -0.05) is 11.2 Å². The van der Waals surface area contributed by atoms with Gasteiger partial charge < -0.3 is 10.3 Å².